The highest BCUT2D eigenvalue weighted by atomic mass is 35.5. The topological polar surface area (TPSA) is 59.6 Å². The molecular weight excluding hydrogens is 354 g/mol. The van der Waals surface area contributed by atoms with Crippen LogP contribution in [-0.4, -0.2) is 26.7 Å². The number of hydrogen-bond acceptors (Lipinski definition) is 4. The molecule has 0 saturated heterocycles. The zero-order valence-electron chi connectivity index (χ0n) is 13.7. The molecular formula is C17H17ClF2N2O3. The number of rotatable bonds is 7. The molecule has 0 radical (unpaired) electrons. The minimum atomic E-state index is -1.02. The smallest absolute Gasteiger partial charge is 0.226 e. The van der Waals surface area contributed by atoms with Gasteiger partial charge in [-0.1, -0.05) is 11.6 Å². The molecule has 0 aliphatic rings. The van der Waals surface area contributed by atoms with Crippen molar-refractivity contribution in [1.29, 1.82) is 0 Å². The summed E-state index contributed by atoms with van der Waals surface area (Å²) >= 11 is 6.02. The van der Waals surface area contributed by atoms with Gasteiger partial charge in [0.25, 0.3) is 0 Å². The van der Waals surface area contributed by atoms with Crippen molar-refractivity contribution >= 4 is 28.9 Å². The first-order valence-electron chi connectivity index (χ1n) is 7.35. The first kappa shape index (κ1) is 18.8. The van der Waals surface area contributed by atoms with Crippen molar-refractivity contribution in [3.05, 3.63) is 47.0 Å². The zero-order chi connectivity index (χ0) is 18.4. The highest BCUT2D eigenvalue weighted by Crippen LogP contribution is 2.35. The third kappa shape index (κ3) is 4.96. The number of carbonyl (C=O) groups excluding carboxylic acids is 1. The maximum absolute atomic E-state index is 13.1. The third-order valence-corrected chi connectivity index (χ3v) is 3.64. The summed E-state index contributed by atoms with van der Waals surface area (Å²) in [5.41, 5.74) is 0.805. The Morgan fingerprint density at radius 3 is 2.44 bits per heavy atom. The molecule has 2 aromatic carbocycles. The standard InChI is InChI=1S/C17H17ClF2N2O3/c1-24-15-9-14(16(25-2)8-11(15)18)21-6-5-17(23)22-10-3-4-12(19)13(20)7-10/h3-4,7-9,21H,5-6H2,1-2H3,(H,22,23). The average molecular weight is 371 g/mol. The second-order valence-corrected chi connectivity index (χ2v) is 5.45. The Labute approximate surface area is 148 Å². The van der Waals surface area contributed by atoms with Gasteiger partial charge in [-0.2, -0.15) is 0 Å². The molecule has 0 aromatic heterocycles. The lowest BCUT2D eigenvalue weighted by Gasteiger charge is -2.14. The van der Waals surface area contributed by atoms with E-state index in [1.54, 1.807) is 12.1 Å². The van der Waals surface area contributed by atoms with E-state index in [0.717, 1.165) is 12.1 Å². The predicted octanol–water partition coefficient (Wildman–Crippen LogP) is 4.08. The maximum atomic E-state index is 13.1. The van der Waals surface area contributed by atoms with Crippen LogP contribution in [0.2, 0.25) is 5.02 Å². The van der Waals surface area contributed by atoms with Crippen LogP contribution in [0.5, 0.6) is 11.5 Å². The van der Waals surface area contributed by atoms with Gasteiger partial charge in [-0.15, -0.1) is 0 Å². The number of amides is 1. The van der Waals surface area contributed by atoms with Gasteiger partial charge >= 0.3 is 0 Å². The first-order valence-corrected chi connectivity index (χ1v) is 7.72. The van der Waals surface area contributed by atoms with Crippen LogP contribution in [0.3, 0.4) is 0 Å². The Balaban J connectivity index is 1.93. The Morgan fingerprint density at radius 1 is 1.08 bits per heavy atom. The van der Waals surface area contributed by atoms with Gasteiger partial charge < -0.3 is 20.1 Å². The van der Waals surface area contributed by atoms with E-state index in [9.17, 15) is 13.6 Å². The molecule has 2 aromatic rings. The molecule has 1 amide bonds. The SMILES string of the molecule is COc1cc(NCCC(=O)Nc2ccc(F)c(F)c2)c(OC)cc1Cl. The van der Waals surface area contributed by atoms with Crippen LogP contribution in [-0.2, 0) is 4.79 Å². The molecule has 0 bridgehead atoms. The molecule has 25 heavy (non-hydrogen) atoms. The monoisotopic (exact) mass is 370 g/mol. The third-order valence-electron chi connectivity index (χ3n) is 3.34. The largest absolute Gasteiger partial charge is 0.495 e. The number of ether oxygens (including phenoxy) is 2. The number of methoxy groups -OCH3 is 2. The fourth-order valence-electron chi connectivity index (χ4n) is 2.11. The minimum absolute atomic E-state index is 0.104. The number of hydrogen-bond donors (Lipinski definition) is 2. The van der Waals surface area contributed by atoms with Crippen LogP contribution in [0.25, 0.3) is 0 Å². The first-order chi connectivity index (χ1) is 11.9. The average Bonchev–Trinajstić information content (AvgIpc) is 2.59. The van der Waals surface area contributed by atoms with E-state index in [1.165, 1.54) is 20.3 Å². The summed E-state index contributed by atoms with van der Waals surface area (Å²) < 4.78 is 36.3. The summed E-state index contributed by atoms with van der Waals surface area (Å²) in [6.07, 6.45) is 0.104. The van der Waals surface area contributed by atoms with Gasteiger partial charge in [0.2, 0.25) is 5.91 Å². The van der Waals surface area contributed by atoms with Gasteiger partial charge in [0.05, 0.1) is 24.9 Å². The van der Waals surface area contributed by atoms with Crippen LogP contribution in [0.4, 0.5) is 20.2 Å². The van der Waals surface area contributed by atoms with E-state index in [0.29, 0.717) is 22.2 Å². The number of halogens is 3. The van der Waals surface area contributed by atoms with Crippen molar-refractivity contribution in [2.45, 2.75) is 6.42 Å². The van der Waals surface area contributed by atoms with Crippen LogP contribution in [0.15, 0.2) is 30.3 Å². The summed E-state index contributed by atoms with van der Waals surface area (Å²) in [5.74, 6) is -1.36. The van der Waals surface area contributed by atoms with Crippen molar-refractivity contribution in [2.24, 2.45) is 0 Å². The molecule has 0 fully saturated rings. The van der Waals surface area contributed by atoms with E-state index in [4.69, 9.17) is 21.1 Å². The van der Waals surface area contributed by atoms with Gasteiger partial charge in [0.1, 0.15) is 11.5 Å². The molecule has 2 N–H and O–H groups in total. The molecule has 0 aliphatic carbocycles. The van der Waals surface area contributed by atoms with E-state index in [2.05, 4.69) is 10.6 Å². The molecule has 2 rings (SSSR count). The number of nitrogens with one attached hydrogen (secondary N) is 2. The molecule has 5 nitrogen and oxygen atoms in total. The van der Waals surface area contributed by atoms with Crippen molar-refractivity contribution < 1.29 is 23.0 Å². The molecule has 0 saturated carbocycles. The summed E-state index contributed by atoms with van der Waals surface area (Å²) in [5, 5.41) is 5.94. The van der Waals surface area contributed by atoms with Crippen molar-refractivity contribution in [3.8, 4) is 11.5 Å². The molecule has 0 spiro atoms. The van der Waals surface area contributed by atoms with Crippen molar-refractivity contribution in [1.82, 2.24) is 0 Å². The Hall–Kier alpha value is -2.54. The van der Waals surface area contributed by atoms with Crippen LogP contribution in [0.1, 0.15) is 6.42 Å². The predicted molar refractivity (Wildman–Crippen MR) is 92.7 cm³/mol. The lowest BCUT2D eigenvalue weighted by atomic mass is 10.2. The van der Waals surface area contributed by atoms with E-state index in [1.807, 2.05) is 0 Å². The van der Waals surface area contributed by atoms with E-state index >= 15 is 0 Å². The summed E-state index contributed by atoms with van der Waals surface area (Å²) in [6, 6.07) is 6.43. The molecule has 0 atom stereocenters. The number of anilines is 2. The Bertz CT molecular complexity index is 772. The van der Waals surface area contributed by atoms with Gasteiger partial charge in [-0.25, -0.2) is 8.78 Å². The zero-order valence-corrected chi connectivity index (χ0v) is 14.4. The van der Waals surface area contributed by atoms with Crippen LogP contribution in [0, 0.1) is 11.6 Å². The maximum Gasteiger partial charge on any atom is 0.226 e. The highest BCUT2D eigenvalue weighted by Gasteiger charge is 2.11. The molecule has 0 unspecified atom stereocenters. The fraction of sp³-hybridized carbons (Fsp3) is 0.235. The highest BCUT2D eigenvalue weighted by molar-refractivity contribution is 6.32. The molecule has 0 heterocycles. The van der Waals surface area contributed by atoms with Crippen LogP contribution >= 0.6 is 11.6 Å². The molecule has 0 aliphatic heterocycles. The van der Waals surface area contributed by atoms with E-state index in [-0.39, 0.29) is 24.6 Å². The second kappa shape index (κ2) is 8.53. The second-order valence-electron chi connectivity index (χ2n) is 5.04. The van der Waals surface area contributed by atoms with Crippen molar-refractivity contribution in [3.63, 3.8) is 0 Å². The van der Waals surface area contributed by atoms with Crippen LogP contribution < -0.4 is 20.1 Å². The minimum Gasteiger partial charge on any atom is -0.495 e. The lowest BCUT2D eigenvalue weighted by molar-refractivity contribution is -0.115. The quantitative estimate of drug-likeness (QED) is 0.771. The number of carbonyl (C=O) groups is 1. The summed E-state index contributed by atoms with van der Waals surface area (Å²) in [4.78, 5) is 11.9. The van der Waals surface area contributed by atoms with Gasteiger partial charge in [0.15, 0.2) is 11.6 Å². The fourth-order valence-corrected chi connectivity index (χ4v) is 2.34. The summed E-state index contributed by atoms with van der Waals surface area (Å²) in [6.45, 7) is 0.288. The Kier molecular flexibility index (Phi) is 6.41. The van der Waals surface area contributed by atoms with Gasteiger partial charge in [-0.05, 0) is 12.1 Å². The molecule has 134 valence electrons. The van der Waals surface area contributed by atoms with Gasteiger partial charge in [-0.3, -0.25) is 4.79 Å². The summed E-state index contributed by atoms with van der Waals surface area (Å²) in [7, 11) is 2.99. The lowest BCUT2D eigenvalue weighted by Crippen LogP contribution is -2.16. The number of benzene rings is 2. The van der Waals surface area contributed by atoms with E-state index < -0.39 is 11.6 Å². The van der Waals surface area contributed by atoms with Crippen molar-refractivity contribution in [2.75, 3.05) is 31.4 Å². The molecule has 8 heteroatoms. The Morgan fingerprint density at radius 2 is 1.80 bits per heavy atom. The van der Waals surface area contributed by atoms with Gasteiger partial charge in [0, 0.05) is 36.9 Å². The normalized spacial score (nSPS) is 10.3.